The van der Waals surface area contributed by atoms with Crippen molar-refractivity contribution in [2.45, 2.75) is 38.3 Å². The fraction of sp³-hybridized carbons (Fsp3) is 0.444. The van der Waals surface area contributed by atoms with Crippen LogP contribution in [0, 0.1) is 0 Å². The van der Waals surface area contributed by atoms with Crippen LogP contribution < -0.4 is 5.32 Å². The van der Waals surface area contributed by atoms with Gasteiger partial charge in [0.2, 0.25) is 0 Å². The molecule has 2 unspecified atom stereocenters. The highest BCUT2D eigenvalue weighted by molar-refractivity contribution is 7.09. The molecule has 0 amide bonds. The Labute approximate surface area is 131 Å². The second-order valence-electron chi connectivity index (χ2n) is 6.03. The molecule has 112 valence electrons. The van der Waals surface area contributed by atoms with E-state index in [0.29, 0.717) is 12.1 Å². The van der Waals surface area contributed by atoms with Crippen LogP contribution in [-0.4, -0.2) is 30.6 Å². The molecule has 2 heterocycles. The predicted molar refractivity (Wildman–Crippen MR) is 92.3 cm³/mol. The third kappa shape index (κ3) is 3.47. The summed E-state index contributed by atoms with van der Waals surface area (Å²) in [5, 5.41) is 5.80. The number of hydrogen-bond acceptors (Lipinski definition) is 3. The molecule has 1 aliphatic heterocycles. The Kier molecular flexibility index (Phi) is 4.61. The van der Waals surface area contributed by atoms with Crippen molar-refractivity contribution in [3.8, 4) is 0 Å². The topological polar surface area (TPSA) is 15.3 Å². The molecule has 2 aromatic rings. The van der Waals surface area contributed by atoms with E-state index in [1.54, 1.807) is 0 Å². The molecule has 3 heteroatoms. The summed E-state index contributed by atoms with van der Waals surface area (Å²) >= 11 is 1.87. The molecule has 0 radical (unpaired) electrons. The minimum absolute atomic E-state index is 0.580. The average molecular weight is 300 g/mol. The first kappa shape index (κ1) is 14.6. The Balaban J connectivity index is 1.62. The molecule has 2 nitrogen and oxygen atoms in total. The van der Waals surface area contributed by atoms with E-state index < -0.39 is 0 Å². The Morgan fingerprint density at radius 1 is 1.29 bits per heavy atom. The van der Waals surface area contributed by atoms with Gasteiger partial charge in [-0.2, -0.15) is 0 Å². The Hall–Kier alpha value is -1.32. The third-order valence-electron chi connectivity index (χ3n) is 4.64. The van der Waals surface area contributed by atoms with Crippen molar-refractivity contribution in [1.82, 2.24) is 4.90 Å². The van der Waals surface area contributed by atoms with Crippen LogP contribution in [0.2, 0.25) is 0 Å². The summed E-state index contributed by atoms with van der Waals surface area (Å²) in [6, 6.07) is 14.3. The van der Waals surface area contributed by atoms with Crippen LogP contribution in [0.3, 0.4) is 0 Å². The van der Waals surface area contributed by atoms with Crippen molar-refractivity contribution < 1.29 is 0 Å². The fourth-order valence-corrected chi connectivity index (χ4v) is 3.96. The number of rotatable bonds is 4. The molecule has 1 aromatic carbocycles. The molecule has 0 aliphatic carbocycles. The van der Waals surface area contributed by atoms with Gasteiger partial charge >= 0.3 is 0 Å². The van der Waals surface area contributed by atoms with Gasteiger partial charge < -0.3 is 5.32 Å². The minimum Gasteiger partial charge on any atom is -0.383 e. The quantitative estimate of drug-likeness (QED) is 0.917. The van der Waals surface area contributed by atoms with Crippen LogP contribution in [-0.2, 0) is 12.8 Å². The SMILES string of the molecule is CC(Cc1cccs1)N(C)C1CCc2ccccc2NC1. The highest BCUT2D eigenvalue weighted by atomic mass is 32.1. The zero-order chi connectivity index (χ0) is 14.7. The van der Waals surface area contributed by atoms with E-state index in [4.69, 9.17) is 0 Å². The van der Waals surface area contributed by atoms with Crippen LogP contribution in [0.15, 0.2) is 41.8 Å². The summed E-state index contributed by atoms with van der Waals surface area (Å²) in [4.78, 5) is 4.04. The summed E-state index contributed by atoms with van der Waals surface area (Å²) < 4.78 is 0. The molecule has 0 bridgehead atoms. The molecule has 21 heavy (non-hydrogen) atoms. The van der Waals surface area contributed by atoms with E-state index in [9.17, 15) is 0 Å². The van der Waals surface area contributed by atoms with Gasteiger partial charge in [-0.1, -0.05) is 24.3 Å². The molecule has 1 aromatic heterocycles. The van der Waals surface area contributed by atoms with Crippen molar-refractivity contribution >= 4 is 17.0 Å². The molecular weight excluding hydrogens is 276 g/mol. The highest BCUT2D eigenvalue weighted by Crippen LogP contribution is 2.24. The van der Waals surface area contributed by atoms with E-state index in [1.165, 1.54) is 29.0 Å². The van der Waals surface area contributed by atoms with Gasteiger partial charge in [0.1, 0.15) is 0 Å². The second-order valence-corrected chi connectivity index (χ2v) is 7.06. The smallest absolute Gasteiger partial charge is 0.0373 e. The monoisotopic (exact) mass is 300 g/mol. The van der Waals surface area contributed by atoms with E-state index in [-0.39, 0.29) is 0 Å². The zero-order valence-electron chi connectivity index (χ0n) is 12.9. The van der Waals surface area contributed by atoms with Crippen LogP contribution in [0.4, 0.5) is 5.69 Å². The number of benzene rings is 1. The summed E-state index contributed by atoms with van der Waals surface area (Å²) in [6.45, 7) is 3.39. The van der Waals surface area contributed by atoms with Gasteiger partial charge in [0.15, 0.2) is 0 Å². The first-order valence-electron chi connectivity index (χ1n) is 7.80. The van der Waals surface area contributed by atoms with Crippen molar-refractivity contribution in [3.63, 3.8) is 0 Å². The number of thiophene rings is 1. The number of nitrogens with zero attached hydrogens (tertiary/aromatic N) is 1. The van der Waals surface area contributed by atoms with Gasteiger partial charge in [0, 0.05) is 29.2 Å². The zero-order valence-corrected chi connectivity index (χ0v) is 13.7. The highest BCUT2D eigenvalue weighted by Gasteiger charge is 2.22. The standard InChI is InChI=1S/C18H24N2S/c1-14(12-17-7-5-11-21-17)20(2)16-10-9-15-6-3-4-8-18(15)19-13-16/h3-8,11,14,16,19H,9-10,12-13H2,1-2H3. The van der Waals surface area contributed by atoms with E-state index in [2.05, 4.69) is 66.0 Å². The lowest BCUT2D eigenvalue weighted by molar-refractivity contribution is 0.183. The first-order valence-corrected chi connectivity index (χ1v) is 8.68. The van der Waals surface area contributed by atoms with Crippen LogP contribution in [0.1, 0.15) is 23.8 Å². The molecule has 1 N–H and O–H groups in total. The van der Waals surface area contributed by atoms with Crippen molar-refractivity contribution in [2.24, 2.45) is 0 Å². The maximum Gasteiger partial charge on any atom is 0.0373 e. The Morgan fingerprint density at radius 2 is 2.14 bits per heavy atom. The van der Waals surface area contributed by atoms with Gasteiger partial charge in [0.25, 0.3) is 0 Å². The Morgan fingerprint density at radius 3 is 2.95 bits per heavy atom. The maximum absolute atomic E-state index is 3.63. The van der Waals surface area contributed by atoms with Gasteiger partial charge in [-0.25, -0.2) is 0 Å². The maximum atomic E-state index is 3.63. The molecule has 0 saturated heterocycles. The number of para-hydroxylation sites is 1. The minimum atomic E-state index is 0.580. The lowest BCUT2D eigenvalue weighted by Crippen LogP contribution is -2.43. The molecule has 0 fully saturated rings. The molecular formula is C18H24N2S. The Bertz CT molecular complexity index is 537. The molecule has 0 saturated carbocycles. The third-order valence-corrected chi connectivity index (χ3v) is 5.54. The van der Waals surface area contributed by atoms with Crippen molar-refractivity contribution in [1.29, 1.82) is 0 Å². The van der Waals surface area contributed by atoms with Gasteiger partial charge in [-0.3, -0.25) is 4.90 Å². The van der Waals surface area contributed by atoms with E-state index in [1.807, 2.05) is 11.3 Å². The molecule has 2 atom stereocenters. The average Bonchev–Trinajstić information content (AvgIpc) is 2.91. The van der Waals surface area contributed by atoms with Crippen molar-refractivity contribution in [3.05, 3.63) is 52.2 Å². The number of anilines is 1. The summed E-state index contributed by atoms with van der Waals surface area (Å²) in [6.07, 6.45) is 3.55. The predicted octanol–water partition coefficient (Wildman–Crippen LogP) is 4.04. The molecule has 0 spiro atoms. The number of nitrogens with one attached hydrogen (secondary N) is 1. The lowest BCUT2D eigenvalue weighted by atomic mass is 10.0. The molecule has 1 aliphatic rings. The number of likely N-dealkylation sites (N-methyl/N-ethyl adjacent to an activating group) is 1. The number of aryl methyl sites for hydroxylation is 1. The number of hydrogen-bond donors (Lipinski definition) is 1. The summed E-state index contributed by atoms with van der Waals surface area (Å²) in [7, 11) is 2.28. The summed E-state index contributed by atoms with van der Waals surface area (Å²) in [5.41, 5.74) is 2.78. The van der Waals surface area contributed by atoms with E-state index >= 15 is 0 Å². The van der Waals surface area contributed by atoms with Crippen molar-refractivity contribution in [2.75, 3.05) is 18.9 Å². The fourth-order valence-electron chi connectivity index (χ4n) is 3.13. The number of fused-ring (bicyclic) bond motifs is 1. The first-order chi connectivity index (χ1) is 10.2. The normalized spacial score (nSPS) is 19.7. The largest absolute Gasteiger partial charge is 0.383 e. The molecule has 3 rings (SSSR count). The van der Waals surface area contributed by atoms with Crippen LogP contribution in [0.5, 0.6) is 0 Å². The van der Waals surface area contributed by atoms with Crippen LogP contribution in [0.25, 0.3) is 0 Å². The van der Waals surface area contributed by atoms with Crippen LogP contribution >= 0.6 is 11.3 Å². The second kappa shape index (κ2) is 6.63. The van der Waals surface area contributed by atoms with Gasteiger partial charge in [0.05, 0.1) is 0 Å². The lowest BCUT2D eigenvalue weighted by Gasteiger charge is -2.32. The van der Waals surface area contributed by atoms with Gasteiger partial charge in [-0.05, 0) is 56.3 Å². The summed E-state index contributed by atoms with van der Waals surface area (Å²) in [5.74, 6) is 0. The van der Waals surface area contributed by atoms with E-state index in [0.717, 1.165) is 13.0 Å². The van der Waals surface area contributed by atoms with Gasteiger partial charge in [-0.15, -0.1) is 11.3 Å².